The lowest BCUT2D eigenvalue weighted by atomic mass is 10.2. The second-order valence-electron chi connectivity index (χ2n) is 6.34. The van der Waals surface area contributed by atoms with Crippen LogP contribution in [0, 0.1) is 12.7 Å². The Morgan fingerprint density at radius 2 is 1.83 bits per heavy atom. The topological polar surface area (TPSA) is 123 Å². The lowest BCUT2D eigenvalue weighted by molar-refractivity contribution is -0.115. The van der Waals surface area contributed by atoms with Crippen LogP contribution < -0.4 is 16.4 Å². The Hall–Kier alpha value is -4.14. The van der Waals surface area contributed by atoms with Gasteiger partial charge in [0.2, 0.25) is 5.91 Å². The van der Waals surface area contributed by atoms with Crippen molar-refractivity contribution < 1.29 is 14.0 Å². The van der Waals surface area contributed by atoms with Gasteiger partial charge in [0.05, 0.1) is 23.3 Å². The molecule has 2 heterocycles. The second kappa shape index (κ2) is 9.37. The van der Waals surface area contributed by atoms with Gasteiger partial charge in [0.25, 0.3) is 5.91 Å². The van der Waals surface area contributed by atoms with E-state index in [-0.39, 0.29) is 29.4 Å². The van der Waals surface area contributed by atoms with Gasteiger partial charge in [0.15, 0.2) is 0 Å². The molecular weight excluding hydrogens is 387 g/mol. The number of aromatic nitrogens is 3. The summed E-state index contributed by atoms with van der Waals surface area (Å²) >= 11 is 0. The van der Waals surface area contributed by atoms with Crippen molar-refractivity contribution in [2.75, 3.05) is 16.4 Å². The monoisotopic (exact) mass is 406 g/mol. The predicted octanol–water partition coefficient (Wildman–Crippen LogP) is 3.20. The van der Waals surface area contributed by atoms with E-state index in [2.05, 4.69) is 25.6 Å². The standard InChI is InChI=1S/C21H19FN6O2/c1-13-24-10-14(11-25-13)3-2-4-20(29)27-16-6-8-19(26-12-16)21(30)28-18-7-5-15(22)9-17(18)23/h2-3,5-12H,4,23H2,1H3,(H,27,29)(H,28,30)/b3-2+. The van der Waals surface area contributed by atoms with Crippen LogP contribution in [0.5, 0.6) is 0 Å². The van der Waals surface area contributed by atoms with E-state index < -0.39 is 11.7 Å². The maximum Gasteiger partial charge on any atom is 0.274 e. The predicted molar refractivity (Wildman–Crippen MR) is 112 cm³/mol. The summed E-state index contributed by atoms with van der Waals surface area (Å²) in [6.45, 7) is 1.79. The SMILES string of the molecule is Cc1ncc(/C=C/CC(=O)Nc2ccc(C(=O)Nc3ccc(F)cc3N)nc2)cn1. The number of carbonyl (C=O) groups is 2. The minimum absolute atomic E-state index is 0.109. The van der Waals surface area contributed by atoms with Crippen molar-refractivity contribution in [1.29, 1.82) is 0 Å². The number of nitrogen functional groups attached to an aromatic ring is 1. The molecule has 0 atom stereocenters. The average molecular weight is 406 g/mol. The van der Waals surface area contributed by atoms with Crippen molar-refractivity contribution in [3.05, 3.63) is 77.9 Å². The number of nitrogens with one attached hydrogen (secondary N) is 2. The summed E-state index contributed by atoms with van der Waals surface area (Å²) < 4.78 is 13.1. The van der Waals surface area contributed by atoms with E-state index in [1.165, 1.54) is 24.4 Å². The number of pyridine rings is 1. The van der Waals surface area contributed by atoms with Gasteiger partial charge in [-0.1, -0.05) is 12.2 Å². The highest BCUT2D eigenvalue weighted by molar-refractivity contribution is 6.04. The van der Waals surface area contributed by atoms with Crippen LogP contribution in [0.3, 0.4) is 0 Å². The Balaban J connectivity index is 1.53. The first-order valence-corrected chi connectivity index (χ1v) is 8.98. The first-order valence-electron chi connectivity index (χ1n) is 8.98. The number of hydrogen-bond donors (Lipinski definition) is 3. The average Bonchev–Trinajstić information content (AvgIpc) is 2.72. The number of rotatable bonds is 6. The zero-order valence-electron chi connectivity index (χ0n) is 16.1. The smallest absolute Gasteiger partial charge is 0.274 e. The molecular formula is C21H19FN6O2. The number of carbonyl (C=O) groups excluding carboxylic acids is 2. The zero-order valence-corrected chi connectivity index (χ0v) is 16.1. The Kier molecular flexibility index (Phi) is 6.43. The van der Waals surface area contributed by atoms with Crippen molar-refractivity contribution in [1.82, 2.24) is 15.0 Å². The third-order valence-electron chi connectivity index (χ3n) is 3.96. The number of amides is 2. The van der Waals surface area contributed by atoms with E-state index in [1.807, 2.05) is 0 Å². The molecule has 0 spiro atoms. The van der Waals surface area contributed by atoms with Gasteiger partial charge in [-0.25, -0.2) is 19.3 Å². The minimum atomic E-state index is -0.505. The van der Waals surface area contributed by atoms with Crippen LogP contribution in [-0.4, -0.2) is 26.8 Å². The second-order valence-corrected chi connectivity index (χ2v) is 6.34. The number of nitrogens with zero attached hydrogens (tertiary/aromatic N) is 3. The van der Waals surface area contributed by atoms with Crippen molar-refractivity contribution in [3.8, 4) is 0 Å². The Bertz CT molecular complexity index is 1080. The molecule has 3 rings (SSSR count). The number of nitrogens with two attached hydrogens (primary N) is 1. The molecule has 0 aliphatic carbocycles. The van der Waals surface area contributed by atoms with Crippen LogP contribution in [0.25, 0.3) is 6.08 Å². The number of aryl methyl sites for hydroxylation is 1. The van der Waals surface area contributed by atoms with E-state index in [0.717, 1.165) is 11.6 Å². The van der Waals surface area contributed by atoms with Crippen LogP contribution in [0.1, 0.15) is 28.3 Å². The molecule has 2 aromatic heterocycles. The molecule has 1 aromatic carbocycles. The van der Waals surface area contributed by atoms with E-state index in [4.69, 9.17) is 5.73 Å². The molecule has 2 amide bonds. The Labute approximate surface area is 172 Å². The lowest BCUT2D eigenvalue weighted by Gasteiger charge is -2.08. The molecule has 30 heavy (non-hydrogen) atoms. The molecule has 4 N–H and O–H groups in total. The fraction of sp³-hybridized carbons (Fsp3) is 0.0952. The third kappa shape index (κ3) is 5.68. The van der Waals surface area contributed by atoms with Crippen LogP contribution in [-0.2, 0) is 4.79 Å². The lowest BCUT2D eigenvalue weighted by Crippen LogP contribution is -2.15. The molecule has 0 bridgehead atoms. The summed E-state index contributed by atoms with van der Waals surface area (Å²) in [5.74, 6) is -0.562. The summed E-state index contributed by atoms with van der Waals surface area (Å²) in [6, 6.07) is 6.70. The number of anilines is 3. The molecule has 152 valence electrons. The van der Waals surface area contributed by atoms with Crippen molar-refractivity contribution in [2.45, 2.75) is 13.3 Å². The number of halogens is 1. The van der Waals surface area contributed by atoms with E-state index in [1.54, 1.807) is 37.5 Å². The van der Waals surface area contributed by atoms with Gasteiger partial charge in [-0.15, -0.1) is 0 Å². The van der Waals surface area contributed by atoms with Gasteiger partial charge in [0.1, 0.15) is 17.3 Å². The first-order chi connectivity index (χ1) is 14.4. The van der Waals surface area contributed by atoms with Crippen LogP contribution in [0.2, 0.25) is 0 Å². The molecule has 0 saturated carbocycles. The van der Waals surface area contributed by atoms with Crippen LogP contribution in [0.15, 0.2) is 55.0 Å². The number of hydrogen-bond acceptors (Lipinski definition) is 6. The van der Waals surface area contributed by atoms with Gasteiger partial charge in [-0.05, 0) is 37.3 Å². The molecule has 0 fully saturated rings. The summed E-state index contributed by atoms with van der Waals surface area (Å²) in [7, 11) is 0. The fourth-order valence-corrected chi connectivity index (χ4v) is 2.44. The van der Waals surface area contributed by atoms with E-state index in [0.29, 0.717) is 11.5 Å². The van der Waals surface area contributed by atoms with Crippen LogP contribution >= 0.6 is 0 Å². The van der Waals surface area contributed by atoms with Crippen molar-refractivity contribution in [2.24, 2.45) is 0 Å². The van der Waals surface area contributed by atoms with Crippen LogP contribution in [0.4, 0.5) is 21.5 Å². The minimum Gasteiger partial charge on any atom is -0.397 e. The summed E-state index contributed by atoms with van der Waals surface area (Å²) in [6.07, 6.45) is 8.32. The van der Waals surface area contributed by atoms with E-state index in [9.17, 15) is 14.0 Å². The van der Waals surface area contributed by atoms with Crippen molar-refractivity contribution in [3.63, 3.8) is 0 Å². The van der Waals surface area contributed by atoms with Gasteiger partial charge < -0.3 is 16.4 Å². The maximum absolute atomic E-state index is 13.1. The van der Waals surface area contributed by atoms with Gasteiger partial charge in [0, 0.05) is 24.4 Å². The van der Waals surface area contributed by atoms with Crippen molar-refractivity contribution >= 4 is 35.0 Å². The fourth-order valence-electron chi connectivity index (χ4n) is 2.44. The van der Waals surface area contributed by atoms with Gasteiger partial charge in [-0.3, -0.25) is 9.59 Å². The molecule has 9 heteroatoms. The summed E-state index contributed by atoms with van der Waals surface area (Å²) in [5.41, 5.74) is 7.44. The highest BCUT2D eigenvalue weighted by atomic mass is 19.1. The molecule has 8 nitrogen and oxygen atoms in total. The molecule has 0 radical (unpaired) electrons. The molecule has 0 aliphatic rings. The quantitative estimate of drug-likeness (QED) is 0.540. The highest BCUT2D eigenvalue weighted by Crippen LogP contribution is 2.20. The Morgan fingerprint density at radius 1 is 1.07 bits per heavy atom. The van der Waals surface area contributed by atoms with E-state index >= 15 is 0 Å². The maximum atomic E-state index is 13.1. The zero-order chi connectivity index (χ0) is 21.5. The molecule has 0 saturated heterocycles. The molecule has 0 unspecified atom stereocenters. The molecule has 3 aromatic rings. The third-order valence-corrected chi connectivity index (χ3v) is 3.96. The highest BCUT2D eigenvalue weighted by Gasteiger charge is 2.10. The van der Waals surface area contributed by atoms with Gasteiger partial charge >= 0.3 is 0 Å². The summed E-state index contributed by atoms with van der Waals surface area (Å²) in [4.78, 5) is 36.5. The Morgan fingerprint density at radius 3 is 2.50 bits per heavy atom. The summed E-state index contributed by atoms with van der Waals surface area (Å²) in [5, 5.41) is 5.25. The normalized spacial score (nSPS) is 10.7. The number of benzene rings is 1. The van der Waals surface area contributed by atoms with Gasteiger partial charge in [-0.2, -0.15) is 0 Å². The first kappa shape index (κ1) is 20.6. The molecule has 0 aliphatic heterocycles. The largest absolute Gasteiger partial charge is 0.397 e.